The first-order valence-electron chi connectivity index (χ1n) is 4.43. The van der Waals surface area contributed by atoms with Crippen LogP contribution in [0.3, 0.4) is 0 Å². The van der Waals surface area contributed by atoms with Gasteiger partial charge in [-0.1, -0.05) is 0 Å². The Balaban J connectivity index is 3.60. The van der Waals surface area contributed by atoms with Crippen molar-refractivity contribution >= 4 is 11.9 Å². The molecule has 5 heteroatoms. The normalized spacial score (nSPS) is 10.9. The minimum atomic E-state index is -0.381. The van der Waals surface area contributed by atoms with Crippen molar-refractivity contribution in [3.63, 3.8) is 0 Å². The van der Waals surface area contributed by atoms with Crippen LogP contribution in [0.1, 0.15) is 20.8 Å². The zero-order chi connectivity index (χ0) is 11.2. The van der Waals surface area contributed by atoms with Gasteiger partial charge in [-0.3, -0.25) is 14.9 Å². The van der Waals surface area contributed by atoms with Crippen molar-refractivity contribution in [2.24, 2.45) is 0 Å². The fraction of sp³-hybridized carbons (Fsp3) is 0.778. The third kappa shape index (κ3) is 7.54. The lowest BCUT2D eigenvalue weighted by molar-refractivity contribution is -0.139. The van der Waals surface area contributed by atoms with Gasteiger partial charge in [0, 0.05) is 5.54 Å². The predicted octanol–water partition coefficient (Wildman–Crippen LogP) is -0.336. The summed E-state index contributed by atoms with van der Waals surface area (Å²) in [6, 6.07) is 0. The Hall–Kier alpha value is -1.10. The smallest absolute Gasteiger partial charge is 0.319 e. The van der Waals surface area contributed by atoms with Crippen molar-refractivity contribution in [3.05, 3.63) is 0 Å². The molecule has 0 aromatic rings. The monoisotopic (exact) mass is 202 g/mol. The fourth-order valence-electron chi connectivity index (χ4n) is 0.813. The van der Waals surface area contributed by atoms with E-state index in [2.05, 4.69) is 15.4 Å². The SMILES string of the molecule is COC(=O)CNCC(=O)NC(C)(C)C. The predicted molar refractivity (Wildman–Crippen MR) is 52.8 cm³/mol. The lowest BCUT2D eigenvalue weighted by atomic mass is 10.1. The van der Waals surface area contributed by atoms with Crippen LogP contribution in [0.15, 0.2) is 0 Å². The average Bonchev–Trinajstić information content (AvgIpc) is 2.00. The van der Waals surface area contributed by atoms with Gasteiger partial charge in [-0.15, -0.1) is 0 Å². The van der Waals surface area contributed by atoms with Crippen LogP contribution in [0.4, 0.5) is 0 Å². The first-order valence-corrected chi connectivity index (χ1v) is 4.43. The number of ether oxygens (including phenoxy) is 1. The van der Waals surface area contributed by atoms with E-state index in [1.807, 2.05) is 20.8 Å². The van der Waals surface area contributed by atoms with E-state index >= 15 is 0 Å². The summed E-state index contributed by atoms with van der Waals surface area (Å²) >= 11 is 0. The largest absolute Gasteiger partial charge is 0.468 e. The Bertz CT molecular complexity index is 209. The second-order valence-corrected chi connectivity index (χ2v) is 3.98. The molecule has 0 radical (unpaired) electrons. The van der Waals surface area contributed by atoms with E-state index in [-0.39, 0.29) is 30.5 Å². The third-order valence-corrected chi connectivity index (χ3v) is 1.30. The number of methoxy groups -OCH3 is 1. The van der Waals surface area contributed by atoms with Crippen LogP contribution in [0.25, 0.3) is 0 Å². The molecule has 1 amide bonds. The van der Waals surface area contributed by atoms with Crippen LogP contribution < -0.4 is 10.6 Å². The topological polar surface area (TPSA) is 67.4 Å². The van der Waals surface area contributed by atoms with E-state index in [4.69, 9.17) is 0 Å². The Morgan fingerprint density at radius 2 is 1.79 bits per heavy atom. The number of carbonyl (C=O) groups excluding carboxylic acids is 2. The summed E-state index contributed by atoms with van der Waals surface area (Å²) in [5, 5.41) is 5.43. The van der Waals surface area contributed by atoms with Gasteiger partial charge in [0.25, 0.3) is 0 Å². The highest BCUT2D eigenvalue weighted by molar-refractivity contribution is 5.79. The van der Waals surface area contributed by atoms with E-state index in [0.29, 0.717) is 0 Å². The minimum Gasteiger partial charge on any atom is -0.468 e. The number of esters is 1. The van der Waals surface area contributed by atoms with Crippen molar-refractivity contribution in [1.82, 2.24) is 10.6 Å². The molecule has 0 saturated heterocycles. The maximum absolute atomic E-state index is 11.2. The molecule has 0 atom stereocenters. The standard InChI is InChI=1S/C9H18N2O3/c1-9(2,3)11-7(12)5-10-6-8(13)14-4/h10H,5-6H2,1-4H3,(H,11,12). The molecule has 0 saturated carbocycles. The Morgan fingerprint density at radius 3 is 2.21 bits per heavy atom. The van der Waals surface area contributed by atoms with E-state index < -0.39 is 0 Å². The molecule has 0 spiro atoms. The summed E-state index contributed by atoms with van der Waals surface area (Å²) in [5.41, 5.74) is -0.246. The molecule has 0 rings (SSSR count). The molecule has 0 aromatic carbocycles. The molecular formula is C9H18N2O3. The first-order chi connectivity index (χ1) is 6.35. The minimum absolute atomic E-state index is 0.0497. The van der Waals surface area contributed by atoms with E-state index in [1.54, 1.807) is 0 Å². The summed E-state index contributed by atoms with van der Waals surface area (Å²) in [7, 11) is 1.30. The highest BCUT2D eigenvalue weighted by atomic mass is 16.5. The van der Waals surface area contributed by atoms with Crippen LogP contribution >= 0.6 is 0 Å². The molecule has 0 bridgehead atoms. The van der Waals surface area contributed by atoms with Gasteiger partial charge < -0.3 is 10.1 Å². The molecule has 82 valence electrons. The molecular weight excluding hydrogens is 184 g/mol. The maximum atomic E-state index is 11.2. The van der Waals surface area contributed by atoms with Crippen molar-refractivity contribution < 1.29 is 14.3 Å². The number of hydrogen-bond donors (Lipinski definition) is 2. The highest BCUT2D eigenvalue weighted by Gasteiger charge is 2.13. The van der Waals surface area contributed by atoms with Gasteiger partial charge in [0.1, 0.15) is 0 Å². The summed E-state index contributed by atoms with van der Waals surface area (Å²) < 4.78 is 4.40. The Labute approximate surface area is 84.2 Å². The molecule has 14 heavy (non-hydrogen) atoms. The molecule has 0 fully saturated rings. The molecule has 0 unspecified atom stereocenters. The summed E-state index contributed by atoms with van der Waals surface area (Å²) in [4.78, 5) is 21.9. The molecule has 0 aliphatic rings. The molecule has 2 N–H and O–H groups in total. The van der Waals surface area contributed by atoms with Gasteiger partial charge in [0.15, 0.2) is 0 Å². The van der Waals surface area contributed by atoms with Gasteiger partial charge in [-0.2, -0.15) is 0 Å². The van der Waals surface area contributed by atoms with Crippen LogP contribution in [0, 0.1) is 0 Å². The number of rotatable bonds is 4. The Morgan fingerprint density at radius 1 is 1.21 bits per heavy atom. The fourth-order valence-corrected chi connectivity index (χ4v) is 0.813. The van der Waals surface area contributed by atoms with Crippen molar-refractivity contribution in [2.75, 3.05) is 20.2 Å². The lowest BCUT2D eigenvalue weighted by Crippen LogP contribution is -2.45. The molecule has 0 aromatic heterocycles. The number of carbonyl (C=O) groups is 2. The van der Waals surface area contributed by atoms with Crippen molar-refractivity contribution in [1.29, 1.82) is 0 Å². The second kappa shape index (κ2) is 5.59. The van der Waals surface area contributed by atoms with Crippen molar-refractivity contribution in [2.45, 2.75) is 26.3 Å². The van der Waals surface area contributed by atoms with E-state index in [9.17, 15) is 9.59 Å². The molecule has 5 nitrogen and oxygen atoms in total. The maximum Gasteiger partial charge on any atom is 0.319 e. The van der Waals surface area contributed by atoms with Crippen LogP contribution in [0.5, 0.6) is 0 Å². The van der Waals surface area contributed by atoms with Crippen LogP contribution in [-0.2, 0) is 14.3 Å². The van der Waals surface area contributed by atoms with Gasteiger partial charge in [-0.05, 0) is 20.8 Å². The van der Waals surface area contributed by atoms with Gasteiger partial charge in [-0.25, -0.2) is 0 Å². The lowest BCUT2D eigenvalue weighted by Gasteiger charge is -2.20. The average molecular weight is 202 g/mol. The molecule has 0 aliphatic heterocycles. The zero-order valence-electron chi connectivity index (χ0n) is 9.14. The zero-order valence-corrected chi connectivity index (χ0v) is 9.14. The number of hydrogen-bond acceptors (Lipinski definition) is 4. The van der Waals surface area contributed by atoms with Crippen molar-refractivity contribution in [3.8, 4) is 0 Å². The van der Waals surface area contributed by atoms with E-state index in [1.165, 1.54) is 7.11 Å². The van der Waals surface area contributed by atoms with Gasteiger partial charge in [0.2, 0.25) is 5.91 Å². The van der Waals surface area contributed by atoms with Crippen LogP contribution in [0.2, 0.25) is 0 Å². The summed E-state index contributed by atoms with van der Waals surface area (Å²) in [6.45, 7) is 5.85. The third-order valence-electron chi connectivity index (χ3n) is 1.30. The van der Waals surface area contributed by atoms with Gasteiger partial charge in [0.05, 0.1) is 20.2 Å². The van der Waals surface area contributed by atoms with Gasteiger partial charge >= 0.3 is 5.97 Å². The number of amides is 1. The second-order valence-electron chi connectivity index (χ2n) is 3.98. The Kier molecular flexibility index (Phi) is 5.15. The van der Waals surface area contributed by atoms with E-state index in [0.717, 1.165) is 0 Å². The van der Waals surface area contributed by atoms with Crippen LogP contribution in [-0.4, -0.2) is 37.6 Å². The number of nitrogens with one attached hydrogen (secondary N) is 2. The summed E-state index contributed by atoms with van der Waals surface area (Å²) in [5.74, 6) is -0.519. The molecule has 0 heterocycles. The quantitative estimate of drug-likeness (QED) is 0.612. The highest BCUT2D eigenvalue weighted by Crippen LogP contribution is 1.96. The summed E-state index contributed by atoms with van der Waals surface area (Å²) in [6.07, 6.45) is 0. The first kappa shape index (κ1) is 12.9. The molecule has 0 aliphatic carbocycles.